The molecule has 112 valence electrons. The van der Waals surface area contributed by atoms with Crippen LogP contribution in [0, 0.1) is 0 Å². The van der Waals surface area contributed by atoms with Crippen LogP contribution in [0.3, 0.4) is 0 Å². The van der Waals surface area contributed by atoms with Gasteiger partial charge in [0.15, 0.2) is 4.32 Å². The Morgan fingerprint density at radius 3 is 2.77 bits per heavy atom. The molecule has 1 heterocycles. The number of ether oxygens (including phenoxy) is 1. The average molecular weight is 330 g/mol. The highest BCUT2D eigenvalue weighted by molar-refractivity contribution is 8.26. The van der Waals surface area contributed by atoms with Gasteiger partial charge in [-0.05, 0) is 29.8 Å². The van der Waals surface area contributed by atoms with Crippen molar-refractivity contribution >= 4 is 51.1 Å². The molecule has 0 atom stereocenters. The molecule has 1 aliphatic heterocycles. The third-order valence-corrected chi connectivity index (χ3v) is 4.66. The monoisotopic (exact) mass is 330 g/mol. The fourth-order valence-corrected chi connectivity index (χ4v) is 3.40. The molecule has 1 amide bonds. The van der Waals surface area contributed by atoms with E-state index in [9.17, 15) is 4.79 Å². The lowest BCUT2D eigenvalue weighted by molar-refractivity contribution is -0.122. The third kappa shape index (κ3) is 2.61. The highest BCUT2D eigenvalue weighted by Gasteiger charge is 2.30. The van der Waals surface area contributed by atoms with Crippen molar-refractivity contribution in [1.82, 2.24) is 5.01 Å². The van der Waals surface area contributed by atoms with E-state index in [0.717, 1.165) is 27.1 Å². The van der Waals surface area contributed by atoms with Crippen LogP contribution in [0.5, 0.6) is 5.75 Å². The van der Waals surface area contributed by atoms with Crippen molar-refractivity contribution in [2.75, 3.05) is 6.61 Å². The fraction of sp³-hybridized carbons (Fsp3) is 0.125. The third-order valence-electron chi connectivity index (χ3n) is 3.33. The second kappa shape index (κ2) is 6.08. The predicted octanol–water partition coefficient (Wildman–Crippen LogP) is 3.31. The summed E-state index contributed by atoms with van der Waals surface area (Å²) in [4.78, 5) is 12.6. The Morgan fingerprint density at radius 2 is 2.09 bits per heavy atom. The highest BCUT2D eigenvalue weighted by Crippen LogP contribution is 2.35. The van der Waals surface area contributed by atoms with Crippen LogP contribution in [-0.2, 0) is 4.79 Å². The van der Waals surface area contributed by atoms with Gasteiger partial charge in [0, 0.05) is 5.56 Å². The summed E-state index contributed by atoms with van der Waals surface area (Å²) in [6.07, 6.45) is 1.81. The first kappa shape index (κ1) is 15.0. The number of nitrogens with zero attached hydrogens (tertiary/aromatic N) is 1. The van der Waals surface area contributed by atoms with E-state index in [4.69, 9.17) is 22.8 Å². The second-order valence-corrected chi connectivity index (χ2v) is 6.36. The standard InChI is InChI=1S/C16H14N2O2S2/c1-2-20-13-8-7-10-5-3-4-6-11(10)12(13)9-14-15(19)18(17)16(21)22-14/h3-9H,2,17H2,1H3. The summed E-state index contributed by atoms with van der Waals surface area (Å²) < 4.78 is 6.06. The van der Waals surface area contributed by atoms with Crippen molar-refractivity contribution in [2.45, 2.75) is 6.92 Å². The van der Waals surface area contributed by atoms with E-state index < -0.39 is 0 Å². The minimum absolute atomic E-state index is 0.287. The van der Waals surface area contributed by atoms with Crippen LogP contribution < -0.4 is 10.6 Å². The molecule has 0 aromatic heterocycles. The van der Waals surface area contributed by atoms with E-state index in [-0.39, 0.29) is 5.91 Å². The van der Waals surface area contributed by atoms with Crippen molar-refractivity contribution in [2.24, 2.45) is 5.84 Å². The summed E-state index contributed by atoms with van der Waals surface area (Å²) >= 11 is 6.26. The maximum Gasteiger partial charge on any atom is 0.280 e. The van der Waals surface area contributed by atoms with Crippen LogP contribution >= 0.6 is 24.0 Å². The van der Waals surface area contributed by atoms with Gasteiger partial charge in [-0.3, -0.25) is 4.79 Å². The van der Waals surface area contributed by atoms with E-state index >= 15 is 0 Å². The predicted molar refractivity (Wildman–Crippen MR) is 94.3 cm³/mol. The minimum atomic E-state index is -0.287. The molecule has 2 aromatic rings. The zero-order chi connectivity index (χ0) is 15.7. The molecular formula is C16H14N2O2S2. The average Bonchev–Trinajstić information content (AvgIpc) is 2.77. The summed E-state index contributed by atoms with van der Waals surface area (Å²) in [6, 6.07) is 11.9. The van der Waals surface area contributed by atoms with Crippen LogP contribution in [0.4, 0.5) is 0 Å². The van der Waals surface area contributed by atoms with E-state index in [1.54, 1.807) is 6.08 Å². The molecule has 0 bridgehead atoms. The second-order valence-electron chi connectivity index (χ2n) is 4.68. The number of fused-ring (bicyclic) bond motifs is 1. The van der Waals surface area contributed by atoms with Crippen LogP contribution in [0.2, 0.25) is 0 Å². The number of nitrogens with two attached hydrogens (primary N) is 1. The SMILES string of the molecule is CCOc1ccc2ccccc2c1C=C1SC(=S)N(N)C1=O. The molecule has 6 heteroatoms. The molecule has 0 unspecified atom stereocenters. The smallest absolute Gasteiger partial charge is 0.280 e. The number of hydrogen-bond acceptors (Lipinski definition) is 5. The lowest BCUT2D eigenvalue weighted by Crippen LogP contribution is -2.34. The lowest BCUT2D eigenvalue weighted by atomic mass is 10.0. The largest absolute Gasteiger partial charge is 0.493 e. The molecule has 2 N–H and O–H groups in total. The first-order chi connectivity index (χ1) is 10.6. The molecule has 0 aliphatic carbocycles. The summed E-state index contributed by atoms with van der Waals surface area (Å²) in [5.74, 6) is 6.08. The van der Waals surface area contributed by atoms with E-state index in [1.807, 2.05) is 43.3 Å². The van der Waals surface area contributed by atoms with Crippen molar-refractivity contribution < 1.29 is 9.53 Å². The topological polar surface area (TPSA) is 55.6 Å². The Bertz CT molecular complexity index is 802. The quantitative estimate of drug-likeness (QED) is 0.405. The Hall–Kier alpha value is -1.89. The molecular weight excluding hydrogens is 316 g/mol. The number of rotatable bonds is 3. The fourth-order valence-electron chi connectivity index (χ4n) is 2.32. The van der Waals surface area contributed by atoms with Gasteiger partial charge >= 0.3 is 0 Å². The van der Waals surface area contributed by atoms with Gasteiger partial charge in [0.1, 0.15) is 5.75 Å². The lowest BCUT2D eigenvalue weighted by Gasteiger charge is -2.11. The molecule has 0 spiro atoms. The molecule has 0 radical (unpaired) electrons. The van der Waals surface area contributed by atoms with Gasteiger partial charge in [-0.25, -0.2) is 10.9 Å². The number of carbonyl (C=O) groups excluding carboxylic acids is 1. The normalized spacial score (nSPS) is 16.8. The number of hydrogen-bond donors (Lipinski definition) is 1. The zero-order valence-electron chi connectivity index (χ0n) is 11.9. The van der Waals surface area contributed by atoms with Gasteiger partial charge in [0.25, 0.3) is 5.91 Å². The van der Waals surface area contributed by atoms with E-state index in [1.165, 1.54) is 11.8 Å². The van der Waals surface area contributed by atoms with E-state index in [0.29, 0.717) is 15.8 Å². The van der Waals surface area contributed by atoms with E-state index in [2.05, 4.69) is 0 Å². The van der Waals surface area contributed by atoms with Crippen LogP contribution in [0.25, 0.3) is 16.8 Å². The maximum atomic E-state index is 12.1. The minimum Gasteiger partial charge on any atom is -0.493 e. The van der Waals surface area contributed by atoms with Crippen LogP contribution in [0.15, 0.2) is 41.3 Å². The highest BCUT2D eigenvalue weighted by atomic mass is 32.2. The zero-order valence-corrected chi connectivity index (χ0v) is 13.5. The molecule has 22 heavy (non-hydrogen) atoms. The maximum absolute atomic E-state index is 12.1. The first-order valence-electron chi connectivity index (χ1n) is 6.79. The Balaban J connectivity index is 2.18. The number of thiocarbonyl (C=S) groups is 1. The van der Waals surface area contributed by atoms with Gasteiger partial charge in [0.05, 0.1) is 11.5 Å². The van der Waals surface area contributed by atoms with Crippen molar-refractivity contribution in [1.29, 1.82) is 0 Å². The van der Waals surface area contributed by atoms with Crippen molar-refractivity contribution in [3.8, 4) is 5.75 Å². The Kier molecular flexibility index (Phi) is 4.15. The van der Waals surface area contributed by atoms with Crippen molar-refractivity contribution in [3.63, 3.8) is 0 Å². The van der Waals surface area contributed by atoms with Crippen LogP contribution in [-0.4, -0.2) is 21.8 Å². The summed E-state index contributed by atoms with van der Waals surface area (Å²) in [7, 11) is 0. The molecule has 1 fully saturated rings. The van der Waals surface area contributed by atoms with Crippen LogP contribution in [0.1, 0.15) is 12.5 Å². The van der Waals surface area contributed by atoms with Gasteiger partial charge < -0.3 is 4.74 Å². The molecule has 0 saturated carbocycles. The summed E-state index contributed by atoms with van der Waals surface area (Å²) in [5, 5.41) is 3.10. The summed E-state index contributed by atoms with van der Waals surface area (Å²) in [6.45, 7) is 2.48. The molecule has 4 nitrogen and oxygen atoms in total. The molecule has 2 aromatic carbocycles. The van der Waals surface area contributed by atoms with Gasteiger partial charge in [-0.15, -0.1) is 0 Å². The van der Waals surface area contributed by atoms with Gasteiger partial charge in [-0.2, -0.15) is 0 Å². The molecule has 3 rings (SSSR count). The molecule has 1 aliphatic rings. The number of carbonyl (C=O) groups is 1. The Morgan fingerprint density at radius 1 is 1.32 bits per heavy atom. The Labute approximate surface area is 137 Å². The van der Waals surface area contributed by atoms with Gasteiger partial charge in [0.2, 0.25) is 0 Å². The number of benzene rings is 2. The molecule has 1 saturated heterocycles. The van der Waals surface area contributed by atoms with Crippen molar-refractivity contribution in [3.05, 3.63) is 46.9 Å². The first-order valence-corrected chi connectivity index (χ1v) is 8.01. The van der Waals surface area contributed by atoms with Gasteiger partial charge in [-0.1, -0.05) is 54.3 Å². The number of hydrazine groups is 1. The summed E-state index contributed by atoms with van der Waals surface area (Å²) in [5.41, 5.74) is 0.869. The number of thioether (sulfide) groups is 1. The number of amides is 1.